The lowest BCUT2D eigenvalue weighted by Gasteiger charge is -2.16. The number of sulfonamides is 1. The quantitative estimate of drug-likeness (QED) is 0.748. The molecule has 0 radical (unpaired) electrons. The molecule has 0 fully saturated rings. The maximum absolute atomic E-state index is 12.7. The lowest BCUT2D eigenvalue weighted by Crippen LogP contribution is -2.15. The molecule has 24 heavy (non-hydrogen) atoms. The van der Waals surface area contributed by atoms with Crippen molar-refractivity contribution in [2.24, 2.45) is 0 Å². The van der Waals surface area contributed by atoms with Crippen LogP contribution in [0.25, 0.3) is 0 Å². The molecule has 6 nitrogen and oxygen atoms in total. The lowest BCUT2D eigenvalue weighted by atomic mass is 10.2. The monoisotopic (exact) mass is 351 g/mol. The van der Waals surface area contributed by atoms with E-state index in [2.05, 4.69) is 4.72 Å². The van der Waals surface area contributed by atoms with Gasteiger partial charge in [-0.2, -0.15) is 0 Å². The Morgan fingerprint density at radius 1 is 1.00 bits per heavy atom. The molecule has 2 aromatic rings. The van der Waals surface area contributed by atoms with Crippen molar-refractivity contribution < 1.29 is 23.0 Å². The molecule has 2 N–H and O–H groups in total. The van der Waals surface area contributed by atoms with Crippen LogP contribution in [-0.2, 0) is 10.0 Å². The van der Waals surface area contributed by atoms with E-state index in [4.69, 9.17) is 9.47 Å². The fourth-order valence-corrected chi connectivity index (χ4v) is 3.37. The van der Waals surface area contributed by atoms with Crippen molar-refractivity contribution in [3.05, 3.63) is 42.0 Å². The second-order valence-corrected chi connectivity index (χ2v) is 6.73. The summed E-state index contributed by atoms with van der Waals surface area (Å²) in [6.07, 6.45) is 0. The molecule has 0 aromatic heterocycles. The first kappa shape index (κ1) is 17.9. The Bertz CT molecular complexity index is 800. The molecule has 0 heterocycles. The molecular weight excluding hydrogens is 330 g/mol. The molecule has 0 amide bonds. The van der Waals surface area contributed by atoms with Crippen LogP contribution >= 0.6 is 0 Å². The summed E-state index contributed by atoms with van der Waals surface area (Å²) in [7, 11) is -3.87. The summed E-state index contributed by atoms with van der Waals surface area (Å²) < 4.78 is 38.9. The molecule has 7 heteroatoms. The number of ether oxygens (including phenoxy) is 2. The molecule has 0 bridgehead atoms. The topological polar surface area (TPSA) is 84.9 Å². The predicted octanol–water partition coefficient (Wildman–Crippen LogP) is 3.30. The van der Waals surface area contributed by atoms with Gasteiger partial charge in [0.2, 0.25) is 0 Å². The van der Waals surface area contributed by atoms with Crippen molar-refractivity contribution in [2.75, 3.05) is 17.9 Å². The molecule has 0 aliphatic carbocycles. The van der Waals surface area contributed by atoms with Crippen LogP contribution in [-0.4, -0.2) is 26.7 Å². The zero-order valence-electron chi connectivity index (χ0n) is 13.9. The number of phenols is 1. The van der Waals surface area contributed by atoms with Crippen LogP contribution in [0.3, 0.4) is 0 Å². The summed E-state index contributed by atoms with van der Waals surface area (Å²) in [5, 5.41) is 9.30. The second kappa shape index (κ2) is 7.44. The third-order valence-electron chi connectivity index (χ3n) is 3.25. The van der Waals surface area contributed by atoms with E-state index in [1.54, 1.807) is 13.0 Å². The first-order chi connectivity index (χ1) is 11.4. The molecular formula is C17H21NO5S. The van der Waals surface area contributed by atoms with E-state index < -0.39 is 10.0 Å². The Kier molecular flexibility index (Phi) is 5.56. The van der Waals surface area contributed by atoms with Gasteiger partial charge in [-0.15, -0.1) is 0 Å². The Hall–Kier alpha value is -2.41. The normalized spacial score (nSPS) is 11.1. The van der Waals surface area contributed by atoms with Gasteiger partial charge < -0.3 is 14.6 Å². The maximum Gasteiger partial charge on any atom is 0.265 e. The Labute approximate surface area is 142 Å². The van der Waals surface area contributed by atoms with Crippen LogP contribution in [0.5, 0.6) is 17.2 Å². The van der Waals surface area contributed by atoms with Gasteiger partial charge in [0.15, 0.2) is 0 Å². The number of nitrogens with one attached hydrogen (secondary N) is 1. The van der Waals surface area contributed by atoms with Crippen LogP contribution < -0.4 is 14.2 Å². The molecule has 0 saturated carbocycles. The first-order valence-electron chi connectivity index (χ1n) is 7.59. The molecule has 0 spiro atoms. The third kappa shape index (κ3) is 4.11. The molecule has 0 unspecified atom stereocenters. The number of rotatable bonds is 7. The zero-order chi connectivity index (χ0) is 17.7. The Balaban J connectivity index is 2.46. The van der Waals surface area contributed by atoms with Gasteiger partial charge in [-0.05, 0) is 56.7 Å². The highest BCUT2D eigenvalue weighted by atomic mass is 32.2. The van der Waals surface area contributed by atoms with Crippen molar-refractivity contribution in [1.82, 2.24) is 0 Å². The number of aryl methyl sites for hydroxylation is 1. The van der Waals surface area contributed by atoms with Crippen molar-refractivity contribution in [2.45, 2.75) is 25.7 Å². The predicted molar refractivity (Wildman–Crippen MR) is 92.4 cm³/mol. The number of benzene rings is 2. The van der Waals surface area contributed by atoms with Crippen molar-refractivity contribution >= 4 is 15.7 Å². The van der Waals surface area contributed by atoms with Gasteiger partial charge in [0.25, 0.3) is 10.0 Å². The maximum atomic E-state index is 12.7. The van der Waals surface area contributed by atoms with Gasteiger partial charge >= 0.3 is 0 Å². The van der Waals surface area contributed by atoms with E-state index in [1.807, 2.05) is 13.8 Å². The molecule has 0 aliphatic heterocycles. The molecule has 0 saturated heterocycles. The standard InChI is InChI=1S/C17H21NO5S/c1-4-22-15-11-17(16(23-5-2)10-12(15)3)24(20,21)18-13-6-8-14(19)9-7-13/h6-11,18-19H,4-5H2,1-3H3. The fourth-order valence-electron chi connectivity index (χ4n) is 2.17. The van der Waals surface area contributed by atoms with E-state index in [0.29, 0.717) is 24.7 Å². The average Bonchev–Trinajstić information content (AvgIpc) is 2.52. The Morgan fingerprint density at radius 3 is 2.17 bits per heavy atom. The van der Waals surface area contributed by atoms with E-state index in [1.165, 1.54) is 30.3 Å². The minimum atomic E-state index is -3.87. The van der Waals surface area contributed by atoms with Gasteiger partial charge in [0, 0.05) is 11.8 Å². The number of aromatic hydroxyl groups is 1. The van der Waals surface area contributed by atoms with E-state index in [-0.39, 0.29) is 16.4 Å². The van der Waals surface area contributed by atoms with Crippen LogP contribution in [0.15, 0.2) is 41.3 Å². The van der Waals surface area contributed by atoms with Crippen LogP contribution in [0, 0.1) is 6.92 Å². The van der Waals surface area contributed by atoms with Gasteiger partial charge in [-0.1, -0.05) is 0 Å². The van der Waals surface area contributed by atoms with Crippen molar-refractivity contribution in [3.8, 4) is 17.2 Å². The van der Waals surface area contributed by atoms with Gasteiger partial charge in [0.1, 0.15) is 22.1 Å². The molecule has 0 atom stereocenters. The van der Waals surface area contributed by atoms with Crippen LogP contribution in [0.4, 0.5) is 5.69 Å². The smallest absolute Gasteiger partial charge is 0.265 e. The summed E-state index contributed by atoms with van der Waals surface area (Å²) in [6.45, 7) is 6.22. The molecule has 0 aliphatic rings. The molecule has 2 rings (SSSR count). The SMILES string of the molecule is CCOc1cc(S(=O)(=O)Nc2ccc(O)cc2)c(OCC)cc1C. The highest BCUT2D eigenvalue weighted by Crippen LogP contribution is 2.33. The van der Waals surface area contributed by atoms with Gasteiger partial charge in [-0.3, -0.25) is 4.72 Å². The minimum Gasteiger partial charge on any atom is -0.508 e. The number of hydrogen-bond acceptors (Lipinski definition) is 5. The lowest BCUT2D eigenvalue weighted by molar-refractivity contribution is 0.321. The number of hydrogen-bond donors (Lipinski definition) is 2. The number of phenolic OH excluding ortho intramolecular Hbond substituents is 1. The van der Waals surface area contributed by atoms with E-state index >= 15 is 0 Å². The molecule has 130 valence electrons. The average molecular weight is 351 g/mol. The van der Waals surface area contributed by atoms with Gasteiger partial charge in [-0.25, -0.2) is 8.42 Å². The van der Waals surface area contributed by atoms with E-state index in [9.17, 15) is 13.5 Å². The first-order valence-corrected chi connectivity index (χ1v) is 9.07. The fraction of sp³-hybridized carbons (Fsp3) is 0.294. The third-order valence-corrected chi connectivity index (χ3v) is 4.65. The van der Waals surface area contributed by atoms with Gasteiger partial charge in [0.05, 0.1) is 13.2 Å². The second-order valence-electron chi connectivity index (χ2n) is 5.08. The highest BCUT2D eigenvalue weighted by Gasteiger charge is 2.22. The van der Waals surface area contributed by atoms with Crippen molar-refractivity contribution in [1.29, 1.82) is 0 Å². The minimum absolute atomic E-state index is 0.00600. The summed E-state index contributed by atoms with van der Waals surface area (Å²) in [4.78, 5) is 0.00600. The molecule has 2 aromatic carbocycles. The number of anilines is 1. The Morgan fingerprint density at radius 2 is 1.58 bits per heavy atom. The summed E-state index contributed by atoms with van der Waals surface area (Å²) >= 11 is 0. The summed E-state index contributed by atoms with van der Waals surface area (Å²) in [6, 6.07) is 8.88. The zero-order valence-corrected chi connectivity index (χ0v) is 14.7. The largest absolute Gasteiger partial charge is 0.508 e. The van der Waals surface area contributed by atoms with Crippen molar-refractivity contribution in [3.63, 3.8) is 0 Å². The van der Waals surface area contributed by atoms with E-state index in [0.717, 1.165) is 5.56 Å². The highest BCUT2D eigenvalue weighted by molar-refractivity contribution is 7.92. The summed E-state index contributed by atoms with van der Waals surface area (Å²) in [5.74, 6) is 0.818. The summed E-state index contributed by atoms with van der Waals surface area (Å²) in [5.41, 5.74) is 1.14. The van der Waals surface area contributed by atoms with Crippen LogP contribution in [0.2, 0.25) is 0 Å². The van der Waals surface area contributed by atoms with Crippen LogP contribution in [0.1, 0.15) is 19.4 Å².